The van der Waals surface area contributed by atoms with Crippen LogP contribution in [0.15, 0.2) is 52.0 Å². The molecule has 6 heteroatoms. The van der Waals surface area contributed by atoms with E-state index in [2.05, 4.69) is 31.2 Å². The van der Waals surface area contributed by atoms with Crippen LogP contribution in [0.25, 0.3) is 0 Å². The topological polar surface area (TPSA) is 74.6 Å². The maximum Gasteiger partial charge on any atom is 0.276 e. The molecule has 20 heavy (non-hydrogen) atoms. The van der Waals surface area contributed by atoms with Gasteiger partial charge in [-0.05, 0) is 30.3 Å². The third kappa shape index (κ3) is 2.35. The number of rotatable bonds is 1. The van der Waals surface area contributed by atoms with Crippen molar-refractivity contribution in [1.29, 1.82) is 0 Å². The molecule has 5 nitrogen and oxygen atoms in total. The van der Waals surface area contributed by atoms with Crippen molar-refractivity contribution in [3.63, 3.8) is 0 Å². The van der Waals surface area contributed by atoms with Gasteiger partial charge in [0.1, 0.15) is 0 Å². The van der Waals surface area contributed by atoms with Crippen molar-refractivity contribution in [3.8, 4) is 0 Å². The third-order valence-electron chi connectivity index (χ3n) is 2.67. The lowest BCUT2D eigenvalue weighted by molar-refractivity contribution is -0.123. The molecule has 1 aromatic heterocycles. The minimum atomic E-state index is -1.72. The molecular formula is C14H10BrN3O2. The highest BCUT2D eigenvalue weighted by Crippen LogP contribution is 2.26. The normalized spacial score (nSPS) is 20.6. The summed E-state index contributed by atoms with van der Waals surface area (Å²) in [7, 11) is 0. The van der Waals surface area contributed by atoms with Crippen LogP contribution in [-0.4, -0.2) is 27.9 Å². The lowest BCUT2D eigenvalue weighted by Crippen LogP contribution is -2.24. The Morgan fingerprint density at radius 2 is 2.25 bits per heavy atom. The summed E-state index contributed by atoms with van der Waals surface area (Å²) >= 11 is 3.30. The largest absolute Gasteiger partial charge is 0.364 e. The smallest absolute Gasteiger partial charge is 0.276 e. The number of pyridine rings is 1. The van der Waals surface area contributed by atoms with Crippen molar-refractivity contribution in [2.24, 2.45) is 4.99 Å². The highest BCUT2D eigenvalue weighted by Gasteiger charge is 2.24. The number of carbonyl (C=O) groups is 1. The first-order valence-electron chi connectivity index (χ1n) is 7.61. The monoisotopic (exact) mass is 335 g/mol. The summed E-state index contributed by atoms with van der Waals surface area (Å²) in [5.41, 5.74) is 0.597. The van der Waals surface area contributed by atoms with Gasteiger partial charge in [-0.3, -0.25) is 9.78 Å². The fourth-order valence-electron chi connectivity index (χ4n) is 1.80. The summed E-state index contributed by atoms with van der Waals surface area (Å²) in [4.78, 5) is 19.6. The number of hydrogen-bond acceptors (Lipinski definition) is 4. The summed E-state index contributed by atoms with van der Waals surface area (Å²) in [6.07, 6.45) is -2.20. The summed E-state index contributed by atoms with van der Waals surface area (Å²) in [6.45, 7) is 0. The average molecular weight is 336 g/mol. The lowest BCUT2D eigenvalue weighted by atomic mass is 10.0. The highest BCUT2D eigenvalue weighted by atomic mass is 79.9. The molecule has 0 aliphatic carbocycles. The molecule has 1 aromatic carbocycles. The van der Waals surface area contributed by atoms with Gasteiger partial charge in [0.15, 0.2) is 0 Å². The van der Waals surface area contributed by atoms with Crippen LogP contribution in [0.2, 0.25) is 0 Å². The number of amides is 1. The van der Waals surface area contributed by atoms with Crippen LogP contribution in [0.5, 0.6) is 0 Å². The Morgan fingerprint density at radius 3 is 3.10 bits per heavy atom. The molecule has 0 bridgehead atoms. The minimum Gasteiger partial charge on any atom is -0.364 e. The number of fused-ring (bicyclic) bond motifs is 1. The molecule has 100 valence electrons. The summed E-state index contributed by atoms with van der Waals surface area (Å²) in [5.74, 6) is -0.741. The van der Waals surface area contributed by atoms with Gasteiger partial charge in [-0.2, -0.15) is 0 Å². The quantitative estimate of drug-likeness (QED) is 0.836. The van der Waals surface area contributed by atoms with Crippen LogP contribution >= 0.6 is 15.9 Å². The van der Waals surface area contributed by atoms with Gasteiger partial charge in [0.25, 0.3) is 5.91 Å². The molecule has 0 radical (unpaired) electrons. The Kier molecular flexibility index (Phi) is 2.31. The van der Waals surface area contributed by atoms with Gasteiger partial charge < -0.3 is 10.4 Å². The first-order valence-corrected chi connectivity index (χ1v) is 6.40. The molecule has 3 rings (SSSR count). The molecule has 1 aliphatic heterocycles. The Hall–Kier alpha value is -2.05. The third-order valence-corrected chi connectivity index (χ3v) is 3.17. The van der Waals surface area contributed by atoms with Gasteiger partial charge in [0, 0.05) is 16.2 Å². The van der Waals surface area contributed by atoms with Crippen molar-refractivity contribution in [1.82, 2.24) is 4.98 Å². The highest BCUT2D eigenvalue weighted by molar-refractivity contribution is 9.10. The zero-order valence-electron chi connectivity index (χ0n) is 13.9. The summed E-state index contributed by atoms with van der Waals surface area (Å²) < 4.78 is 31.7. The Bertz CT molecular complexity index is 904. The molecule has 0 saturated carbocycles. The number of carbonyl (C=O) groups excluding carboxylic acids is 1. The molecule has 1 amide bonds. The molecule has 2 aromatic rings. The van der Waals surface area contributed by atoms with Gasteiger partial charge in [0.05, 0.1) is 22.6 Å². The van der Waals surface area contributed by atoms with Crippen LogP contribution < -0.4 is 5.32 Å². The predicted molar refractivity (Wildman–Crippen MR) is 78.7 cm³/mol. The van der Waals surface area contributed by atoms with Gasteiger partial charge in [0.2, 0.25) is 6.23 Å². The Morgan fingerprint density at radius 1 is 1.40 bits per heavy atom. The van der Waals surface area contributed by atoms with E-state index in [-0.39, 0.29) is 11.4 Å². The van der Waals surface area contributed by atoms with Crippen LogP contribution in [0.3, 0.4) is 0 Å². The van der Waals surface area contributed by atoms with Crippen LogP contribution in [0.4, 0.5) is 5.69 Å². The molecule has 0 fully saturated rings. The number of benzene rings is 1. The van der Waals surface area contributed by atoms with Crippen molar-refractivity contribution in [2.45, 2.75) is 6.23 Å². The number of nitrogens with zero attached hydrogens (tertiary/aromatic N) is 2. The molecule has 0 spiro atoms. The molecular weight excluding hydrogens is 322 g/mol. The maximum absolute atomic E-state index is 11.9. The average Bonchev–Trinajstić information content (AvgIpc) is 2.66. The summed E-state index contributed by atoms with van der Waals surface area (Å²) in [6, 6.07) is 3.56. The number of nitrogens with one attached hydrogen (secondary N) is 1. The van der Waals surface area contributed by atoms with Crippen molar-refractivity contribution < 1.29 is 15.4 Å². The van der Waals surface area contributed by atoms with E-state index in [4.69, 9.17) is 5.48 Å². The Labute approximate surface area is 129 Å². The summed E-state index contributed by atoms with van der Waals surface area (Å²) in [5, 5.41) is 12.4. The predicted octanol–water partition coefficient (Wildman–Crippen LogP) is 1.95. The fourth-order valence-corrected chi connectivity index (χ4v) is 2.16. The number of aliphatic hydroxyl groups excluding tert-OH is 1. The van der Waals surface area contributed by atoms with E-state index in [9.17, 15) is 9.90 Å². The van der Waals surface area contributed by atoms with Gasteiger partial charge in [-0.1, -0.05) is 22.0 Å². The number of aliphatic imine (C=N–C) groups is 1. The molecule has 2 N–H and O–H groups in total. The van der Waals surface area contributed by atoms with E-state index in [1.807, 2.05) is 0 Å². The van der Waals surface area contributed by atoms with Crippen molar-refractivity contribution in [2.75, 3.05) is 5.32 Å². The van der Waals surface area contributed by atoms with Crippen molar-refractivity contribution >= 4 is 33.2 Å². The molecule has 1 atom stereocenters. The first kappa shape index (κ1) is 8.99. The number of halogens is 1. The van der Waals surface area contributed by atoms with Crippen molar-refractivity contribution in [3.05, 3.63) is 58.2 Å². The molecule has 0 saturated heterocycles. The fraction of sp³-hybridized carbons (Fsp3) is 0.0714. The van der Waals surface area contributed by atoms with Crippen LogP contribution in [0, 0.1) is 0 Å². The zero-order chi connectivity index (χ0) is 17.6. The van der Waals surface area contributed by atoms with Gasteiger partial charge >= 0.3 is 0 Å². The van der Waals surface area contributed by atoms with E-state index in [1.165, 1.54) is 0 Å². The standard InChI is InChI=1S/C14H10BrN3O2/c15-8-4-5-10-9(7-8)12(11-3-1-2-6-16-11)18-14(20)13(19)17-10/h1-7,14,20H,(H,17,19)/i1D,2D,3D,6D. The second-order valence-electron chi connectivity index (χ2n) is 3.98. The van der Waals surface area contributed by atoms with E-state index in [0.29, 0.717) is 15.7 Å². The van der Waals surface area contributed by atoms with E-state index < -0.39 is 36.4 Å². The van der Waals surface area contributed by atoms with E-state index >= 15 is 0 Å². The second kappa shape index (κ2) is 5.15. The molecule has 1 aliphatic rings. The SMILES string of the molecule is [2H]c1nc(C2=NC(O)C(=O)Nc3ccc(Br)cc32)c([2H])c([2H])c1[2H]. The first-order chi connectivity index (χ1) is 11.3. The molecule has 2 heterocycles. The zero-order valence-corrected chi connectivity index (χ0v) is 11.5. The van der Waals surface area contributed by atoms with Crippen LogP contribution in [-0.2, 0) is 4.79 Å². The molecule has 1 unspecified atom stereocenters. The number of anilines is 1. The lowest BCUT2D eigenvalue weighted by Gasteiger charge is -2.09. The van der Waals surface area contributed by atoms with E-state index in [1.54, 1.807) is 18.2 Å². The number of aliphatic hydroxyl groups is 1. The number of benzodiazepines with no additional fused rings is 1. The van der Waals surface area contributed by atoms with Gasteiger partial charge in [-0.15, -0.1) is 0 Å². The van der Waals surface area contributed by atoms with Gasteiger partial charge in [-0.25, -0.2) is 4.99 Å². The second-order valence-corrected chi connectivity index (χ2v) is 4.89. The number of hydrogen-bond donors (Lipinski definition) is 2. The van der Waals surface area contributed by atoms with E-state index in [0.717, 1.165) is 0 Å². The Balaban J connectivity index is 2.33. The number of aromatic nitrogens is 1. The maximum atomic E-state index is 11.9. The van der Waals surface area contributed by atoms with Crippen LogP contribution in [0.1, 0.15) is 16.7 Å². The minimum absolute atomic E-state index is 0.00384.